The number of aliphatic hydroxyl groups is 1. The van der Waals surface area contributed by atoms with Crippen LogP contribution < -0.4 is 31.7 Å². The van der Waals surface area contributed by atoms with Gasteiger partial charge in [-0.15, -0.1) is 11.3 Å². The van der Waals surface area contributed by atoms with Crippen molar-refractivity contribution in [3.05, 3.63) is 148 Å². The molecule has 9 rings (SSSR count). The number of para-hydroxylation sites is 1. The second-order valence-corrected chi connectivity index (χ2v) is 23.7. The zero-order chi connectivity index (χ0) is 62.8. The molecule has 5 unspecified atom stereocenters. The van der Waals surface area contributed by atoms with Gasteiger partial charge in [-0.05, 0) is 103 Å². The van der Waals surface area contributed by atoms with Gasteiger partial charge in [0.05, 0.1) is 79.5 Å². The number of thiazole rings is 1. The first kappa shape index (κ1) is 65.3. The number of nitrogens with one attached hydrogen (secondary N) is 4. The molecule has 7 amide bonds. The quantitative estimate of drug-likeness (QED) is 0.0266. The summed E-state index contributed by atoms with van der Waals surface area (Å²) in [5.74, 6) is -2.22. The lowest BCUT2D eigenvalue weighted by Gasteiger charge is -2.35. The van der Waals surface area contributed by atoms with Gasteiger partial charge in [-0.2, -0.15) is 0 Å². The number of likely N-dealkylation sites (tertiary alicyclic amines) is 2. The lowest BCUT2D eigenvalue weighted by Crippen LogP contribution is -2.55. The number of hydrogen-bond acceptors (Lipinski definition) is 15. The molecule has 3 aliphatic heterocycles. The normalized spacial score (nSPS) is 17.0. The molecule has 89 heavy (non-hydrogen) atoms. The van der Waals surface area contributed by atoms with Crippen molar-refractivity contribution in [2.45, 2.75) is 109 Å². The van der Waals surface area contributed by atoms with Crippen molar-refractivity contribution in [3.63, 3.8) is 0 Å². The molecule has 5 atom stereocenters. The smallest absolute Gasteiger partial charge is 0.255 e. The Balaban J connectivity index is 0.681. The summed E-state index contributed by atoms with van der Waals surface area (Å²) in [6, 6.07) is 30.0. The number of fused-ring (bicyclic) bond motifs is 2. The summed E-state index contributed by atoms with van der Waals surface area (Å²) in [4.78, 5) is 107. The predicted molar refractivity (Wildman–Crippen MR) is 338 cm³/mol. The van der Waals surface area contributed by atoms with Gasteiger partial charge in [0.2, 0.25) is 29.5 Å². The summed E-state index contributed by atoms with van der Waals surface area (Å²) in [6.45, 7) is 8.81. The van der Waals surface area contributed by atoms with E-state index in [2.05, 4.69) is 26.3 Å². The van der Waals surface area contributed by atoms with Gasteiger partial charge >= 0.3 is 0 Å². The van der Waals surface area contributed by atoms with E-state index in [1.54, 1.807) is 51.7 Å². The van der Waals surface area contributed by atoms with Crippen molar-refractivity contribution >= 4 is 69.1 Å². The number of aliphatic hydroxyl groups excluding tert-OH is 1. The third kappa shape index (κ3) is 16.8. The van der Waals surface area contributed by atoms with Gasteiger partial charge in [-0.1, -0.05) is 98.8 Å². The van der Waals surface area contributed by atoms with Crippen LogP contribution in [-0.4, -0.2) is 169 Å². The number of ether oxygens (including phenoxy) is 4. The molecule has 21 nitrogen and oxygen atoms in total. The Hall–Kier alpha value is -8.12. The van der Waals surface area contributed by atoms with Crippen molar-refractivity contribution in [3.8, 4) is 16.2 Å². The number of anilines is 1. The molecule has 4 heterocycles. The average Bonchev–Trinajstić information content (AvgIpc) is 1.74. The molecular formula is C67H81N9O12S. The van der Waals surface area contributed by atoms with Crippen LogP contribution in [0, 0.1) is 12.8 Å². The highest BCUT2D eigenvalue weighted by molar-refractivity contribution is 7.13. The van der Waals surface area contributed by atoms with Gasteiger partial charge in [-0.3, -0.25) is 33.6 Å². The van der Waals surface area contributed by atoms with Crippen LogP contribution in [0.15, 0.2) is 115 Å². The van der Waals surface area contributed by atoms with Gasteiger partial charge < -0.3 is 65.8 Å². The highest BCUT2D eigenvalue weighted by atomic mass is 32.1. The van der Waals surface area contributed by atoms with Crippen molar-refractivity contribution in [1.29, 1.82) is 0 Å². The summed E-state index contributed by atoms with van der Waals surface area (Å²) in [5.41, 5.74) is 12.8. The van der Waals surface area contributed by atoms with E-state index < -0.39 is 53.9 Å². The average molecular weight is 1240 g/mol. The van der Waals surface area contributed by atoms with Crippen LogP contribution in [0.2, 0.25) is 0 Å². The summed E-state index contributed by atoms with van der Waals surface area (Å²) in [5, 5.41) is 24.4. The highest BCUT2D eigenvalue weighted by Crippen LogP contribution is 2.34. The van der Waals surface area contributed by atoms with Gasteiger partial charge in [-0.25, -0.2) is 4.98 Å². The van der Waals surface area contributed by atoms with Crippen LogP contribution >= 0.6 is 11.3 Å². The van der Waals surface area contributed by atoms with Crippen LogP contribution in [-0.2, 0) is 57.7 Å². The molecule has 2 saturated heterocycles. The lowest BCUT2D eigenvalue weighted by molar-refractivity contribution is -0.143. The Kier molecular flexibility index (Phi) is 23.4. The van der Waals surface area contributed by atoms with Crippen molar-refractivity contribution in [2.24, 2.45) is 11.7 Å². The van der Waals surface area contributed by atoms with E-state index in [-0.39, 0.29) is 120 Å². The number of unbranched alkanes of at least 4 members (excludes halogenated alkanes) is 1. The molecule has 0 radical (unpaired) electrons. The maximum Gasteiger partial charge on any atom is 0.255 e. The molecule has 5 aromatic carbocycles. The summed E-state index contributed by atoms with van der Waals surface area (Å²) >= 11 is 1.50. The van der Waals surface area contributed by atoms with E-state index in [0.29, 0.717) is 62.1 Å². The fraction of sp³-hybridized carbons (Fsp3) is 0.433. The van der Waals surface area contributed by atoms with Crippen molar-refractivity contribution < 1.29 is 57.6 Å². The van der Waals surface area contributed by atoms with Gasteiger partial charge in [0.25, 0.3) is 11.8 Å². The van der Waals surface area contributed by atoms with Crippen LogP contribution in [0.4, 0.5) is 5.69 Å². The van der Waals surface area contributed by atoms with Crippen molar-refractivity contribution in [1.82, 2.24) is 35.6 Å². The van der Waals surface area contributed by atoms with Crippen molar-refractivity contribution in [2.75, 3.05) is 77.7 Å². The molecule has 3 aliphatic rings. The first-order valence-corrected chi connectivity index (χ1v) is 31.6. The summed E-state index contributed by atoms with van der Waals surface area (Å²) < 4.78 is 23.5. The van der Waals surface area contributed by atoms with Crippen LogP contribution in [0.1, 0.15) is 95.5 Å². The Morgan fingerprint density at radius 2 is 1.52 bits per heavy atom. The molecule has 0 bridgehead atoms. The molecule has 472 valence electrons. The number of aromatic nitrogens is 1. The third-order valence-corrected chi connectivity index (χ3v) is 17.3. The molecule has 6 aromatic rings. The standard InChI is InChI=1S/C67H81N9O12S/c1-43(2)60(76-40-49-15-5-7-19-52(49)66(76)83)67(84)75-41-50(77)38-57(75)64(81)70-39-48-25-24-47(61-44(3)71-42-89-61)36-58(48)88-35-34-87-33-32-86-31-30-85-29-27-69-62(79)53-20-8-9-21-54(53)72-63(80)55(22-10-11-26-68)73-65(82)56-23-13-28-74(56)59(78)37-46-17-12-16-45-14-4-6-18-51(45)46/h4-9,12,14-21,24-25,36,42-43,50,55-57,60,77H,10-11,13,22-23,26-35,37-41,68H2,1-3H3,(H,69,79)(H,70,81)(H,72,80)(H,73,82). The zero-order valence-corrected chi connectivity index (χ0v) is 51.6. The van der Waals surface area contributed by atoms with Crippen LogP contribution in [0.25, 0.3) is 21.2 Å². The maximum atomic E-state index is 14.3. The Labute approximate surface area is 523 Å². The van der Waals surface area contributed by atoms with E-state index in [9.17, 15) is 38.7 Å². The van der Waals surface area contributed by atoms with E-state index in [0.717, 1.165) is 38.0 Å². The zero-order valence-electron chi connectivity index (χ0n) is 50.8. The number of carbonyl (C=O) groups is 7. The Morgan fingerprint density at radius 3 is 2.28 bits per heavy atom. The van der Waals surface area contributed by atoms with Gasteiger partial charge in [0, 0.05) is 50.3 Å². The first-order valence-electron chi connectivity index (χ1n) is 30.7. The SMILES string of the molecule is Cc1ncsc1-c1ccc(CNC(=O)C2CC(O)CN2C(=O)C(C(C)C)N2Cc3ccccc3C2=O)c(OCCOCCOCCOCCNC(=O)c2ccccc2NC(=O)C(CCCCN)NC(=O)C2CCCN2C(=O)Cc2cccc3ccccc23)c1. The number of benzene rings is 5. The third-order valence-electron chi connectivity index (χ3n) is 16.3. The fourth-order valence-corrected chi connectivity index (χ4v) is 12.6. The Morgan fingerprint density at radius 1 is 0.787 bits per heavy atom. The summed E-state index contributed by atoms with van der Waals surface area (Å²) in [7, 11) is 0. The number of hydrogen-bond donors (Lipinski definition) is 6. The number of carbonyl (C=O) groups excluding carboxylic acids is 7. The van der Waals surface area contributed by atoms with E-state index in [4.69, 9.17) is 24.7 Å². The molecule has 0 saturated carbocycles. The number of aryl methyl sites for hydroxylation is 1. The highest BCUT2D eigenvalue weighted by Gasteiger charge is 2.46. The molecule has 1 aromatic heterocycles. The Bertz CT molecular complexity index is 3450. The lowest BCUT2D eigenvalue weighted by atomic mass is 10.0. The maximum absolute atomic E-state index is 14.3. The largest absolute Gasteiger partial charge is 0.491 e. The topological polar surface area (TPSA) is 273 Å². The minimum Gasteiger partial charge on any atom is -0.491 e. The molecular weight excluding hydrogens is 1150 g/mol. The van der Waals surface area contributed by atoms with Gasteiger partial charge in [0.1, 0.15) is 36.5 Å². The summed E-state index contributed by atoms with van der Waals surface area (Å²) in [6.07, 6.45) is 1.96. The number of rotatable bonds is 31. The van der Waals surface area contributed by atoms with Crippen LogP contribution in [0.3, 0.4) is 0 Å². The monoisotopic (exact) mass is 1240 g/mol. The molecule has 0 aliphatic carbocycles. The number of nitrogens with two attached hydrogens (primary N) is 1. The minimum atomic E-state index is -0.943. The second kappa shape index (κ2) is 31.9. The number of nitrogens with zero attached hydrogens (tertiary/aromatic N) is 4. The molecule has 7 N–H and O–H groups in total. The molecule has 22 heteroatoms. The van der Waals surface area contributed by atoms with E-state index >= 15 is 0 Å². The van der Waals surface area contributed by atoms with Gasteiger partial charge in [0.15, 0.2) is 0 Å². The minimum absolute atomic E-state index is 0.0255. The first-order chi connectivity index (χ1) is 43.2. The van der Waals surface area contributed by atoms with Crippen LogP contribution in [0.5, 0.6) is 5.75 Å². The molecule has 0 spiro atoms. The van der Waals surface area contributed by atoms with E-state index in [1.165, 1.54) is 16.2 Å². The number of amides is 7. The predicted octanol–water partition coefficient (Wildman–Crippen LogP) is 6.17. The fourth-order valence-electron chi connectivity index (χ4n) is 11.8. The van der Waals surface area contributed by atoms with E-state index in [1.807, 2.05) is 93.6 Å². The molecule has 2 fully saturated rings. The second-order valence-electron chi connectivity index (χ2n) is 22.9. The number of β-amino-alcohol motifs (C(OH)–C–C–N with tert-alkyl or cyclic N) is 1.